The normalized spacial score (nSPS) is 14.0. The van der Waals surface area contributed by atoms with E-state index in [0.29, 0.717) is 5.56 Å². The van der Waals surface area contributed by atoms with Crippen LogP contribution in [-0.4, -0.2) is 17.9 Å². The summed E-state index contributed by atoms with van der Waals surface area (Å²) in [5.74, 6) is -1.04. The standard InChI is InChI=1S/C13H19N3O2/c1-8(2)11(12(15)17)16-13(18)10(14)9-6-4-3-5-7-9/h3-8,10-11H,14H2,1-2H3,(H2,15,17)(H,16,18). The van der Waals surface area contributed by atoms with Crippen molar-refractivity contribution in [3.8, 4) is 0 Å². The topological polar surface area (TPSA) is 98.2 Å². The summed E-state index contributed by atoms with van der Waals surface area (Å²) < 4.78 is 0. The summed E-state index contributed by atoms with van der Waals surface area (Å²) >= 11 is 0. The smallest absolute Gasteiger partial charge is 0.242 e. The van der Waals surface area contributed by atoms with Crippen molar-refractivity contribution < 1.29 is 9.59 Å². The second kappa shape index (κ2) is 6.16. The molecule has 0 aliphatic heterocycles. The monoisotopic (exact) mass is 249 g/mol. The number of hydrogen-bond acceptors (Lipinski definition) is 3. The number of carbonyl (C=O) groups excluding carboxylic acids is 2. The summed E-state index contributed by atoms with van der Waals surface area (Å²) in [7, 11) is 0. The van der Waals surface area contributed by atoms with Crippen LogP contribution >= 0.6 is 0 Å². The Morgan fingerprint density at radius 1 is 1.17 bits per heavy atom. The van der Waals surface area contributed by atoms with Crippen molar-refractivity contribution in [3.63, 3.8) is 0 Å². The molecule has 2 atom stereocenters. The largest absolute Gasteiger partial charge is 0.368 e. The van der Waals surface area contributed by atoms with E-state index in [0.717, 1.165) is 0 Å². The summed E-state index contributed by atoms with van der Waals surface area (Å²) in [4.78, 5) is 23.1. The molecule has 1 aromatic carbocycles. The van der Waals surface area contributed by atoms with E-state index in [1.807, 2.05) is 19.9 Å². The van der Waals surface area contributed by atoms with E-state index < -0.39 is 23.9 Å². The quantitative estimate of drug-likeness (QED) is 0.700. The van der Waals surface area contributed by atoms with Crippen molar-refractivity contribution in [1.82, 2.24) is 5.32 Å². The molecule has 0 aliphatic carbocycles. The number of hydrogen-bond donors (Lipinski definition) is 3. The van der Waals surface area contributed by atoms with Gasteiger partial charge in [0.15, 0.2) is 0 Å². The summed E-state index contributed by atoms with van der Waals surface area (Å²) in [5.41, 5.74) is 11.7. The molecule has 2 amide bonds. The molecule has 98 valence electrons. The second-order valence-electron chi connectivity index (χ2n) is 4.52. The van der Waals surface area contributed by atoms with Crippen LogP contribution in [0.2, 0.25) is 0 Å². The van der Waals surface area contributed by atoms with E-state index in [1.165, 1.54) is 0 Å². The highest BCUT2D eigenvalue weighted by molar-refractivity contribution is 5.89. The van der Waals surface area contributed by atoms with Crippen LogP contribution in [0.3, 0.4) is 0 Å². The first-order chi connectivity index (χ1) is 8.43. The highest BCUT2D eigenvalue weighted by Crippen LogP contribution is 2.10. The number of benzene rings is 1. The van der Waals surface area contributed by atoms with Crippen LogP contribution < -0.4 is 16.8 Å². The van der Waals surface area contributed by atoms with Crippen LogP contribution in [0.15, 0.2) is 30.3 Å². The molecule has 1 aromatic rings. The van der Waals surface area contributed by atoms with Crippen LogP contribution in [0, 0.1) is 5.92 Å². The Morgan fingerprint density at radius 2 is 1.72 bits per heavy atom. The van der Waals surface area contributed by atoms with Crippen molar-refractivity contribution in [2.24, 2.45) is 17.4 Å². The molecule has 5 nitrogen and oxygen atoms in total. The molecule has 5 heteroatoms. The number of amides is 2. The van der Waals surface area contributed by atoms with Crippen molar-refractivity contribution in [1.29, 1.82) is 0 Å². The molecule has 1 rings (SSSR count). The summed E-state index contributed by atoms with van der Waals surface area (Å²) in [6, 6.07) is 7.47. The Kier molecular flexibility index (Phi) is 4.85. The lowest BCUT2D eigenvalue weighted by atomic mass is 10.0. The third-order valence-corrected chi connectivity index (χ3v) is 2.71. The van der Waals surface area contributed by atoms with Crippen molar-refractivity contribution >= 4 is 11.8 Å². The van der Waals surface area contributed by atoms with Gasteiger partial charge in [0.1, 0.15) is 12.1 Å². The summed E-state index contributed by atoms with van der Waals surface area (Å²) in [6.45, 7) is 3.62. The second-order valence-corrected chi connectivity index (χ2v) is 4.52. The van der Waals surface area contributed by atoms with Gasteiger partial charge in [-0.25, -0.2) is 0 Å². The molecule has 0 aliphatic rings. The number of rotatable bonds is 5. The van der Waals surface area contributed by atoms with E-state index in [2.05, 4.69) is 5.32 Å². The fraction of sp³-hybridized carbons (Fsp3) is 0.385. The van der Waals surface area contributed by atoms with E-state index in [1.54, 1.807) is 24.3 Å². The Morgan fingerprint density at radius 3 is 2.17 bits per heavy atom. The van der Waals surface area contributed by atoms with Gasteiger partial charge in [-0.05, 0) is 11.5 Å². The van der Waals surface area contributed by atoms with Gasteiger partial charge >= 0.3 is 0 Å². The van der Waals surface area contributed by atoms with E-state index in [-0.39, 0.29) is 5.92 Å². The van der Waals surface area contributed by atoms with Crippen LogP contribution in [0.5, 0.6) is 0 Å². The molecule has 18 heavy (non-hydrogen) atoms. The van der Waals surface area contributed by atoms with Crippen LogP contribution in [0.25, 0.3) is 0 Å². The molecule has 0 spiro atoms. The average Bonchev–Trinajstić information content (AvgIpc) is 2.35. The zero-order valence-corrected chi connectivity index (χ0v) is 10.6. The van der Waals surface area contributed by atoms with Gasteiger partial charge in [0, 0.05) is 0 Å². The van der Waals surface area contributed by atoms with Gasteiger partial charge in [-0.1, -0.05) is 44.2 Å². The zero-order valence-electron chi connectivity index (χ0n) is 10.6. The lowest BCUT2D eigenvalue weighted by Crippen LogP contribution is -2.50. The Hall–Kier alpha value is -1.88. The average molecular weight is 249 g/mol. The molecular weight excluding hydrogens is 230 g/mol. The number of nitrogens with one attached hydrogen (secondary N) is 1. The molecule has 5 N–H and O–H groups in total. The van der Waals surface area contributed by atoms with E-state index in [9.17, 15) is 9.59 Å². The lowest BCUT2D eigenvalue weighted by molar-refractivity contribution is -0.129. The fourth-order valence-corrected chi connectivity index (χ4v) is 1.62. The van der Waals surface area contributed by atoms with Gasteiger partial charge in [0.2, 0.25) is 11.8 Å². The van der Waals surface area contributed by atoms with Crippen molar-refractivity contribution in [2.45, 2.75) is 25.9 Å². The molecule has 2 unspecified atom stereocenters. The molecular formula is C13H19N3O2. The molecule has 0 aromatic heterocycles. The third-order valence-electron chi connectivity index (χ3n) is 2.71. The molecule has 0 fully saturated rings. The maximum Gasteiger partial charge on any atom is 0.242 e. The van der Waals surface area contributed by atoms with Gasteiger partial charge < -0.3 is 16.8 Å². The summed E-state index contributed by atoms with van der Waals surface area (Å²) in [5, 5.41) is 2.58. The predicted octanol–water partition coefficient (Wildman–Crippen LogP) is 0.312. The minimum atomic E-state index is -0.799. The van der Waals surface area contributed by atoms with Gasteiger partial charge in [-0.15, -0.1) is 0 Å². The first-order valence-electron chi connectivity index (χ1n) is 5.83. The SMILES string of the molecule is CC(C)C(NC(=O)C(N)c1ccccc1)C(N)=O. The Labute approximate surface area is 107 Å². The molecule has 0 saturated carbocycles. The minimum absolute atomic E-state index is 0.0746. The van der Waals surface area contributed by atoms with Gasteiger partial charge in [-0.2, -0.15) is 0 Å². The minimum Gasteiger partial charge on any atom is -0.368 e. The van der Waals surface area contributed by atoms with Crippen LogP contribution in [0.4, 0.5) is 0 Å². The Balaban J connectivity index is 2.73. The van der Waals surface area contributed by atoms with Gasteiger partial charge in [0.25, 0.3) is 0 Å². The fourth-order valence-electron chi connectivity index (χ4n) is 1.62. The maximum absolute atomic E-state index is 11.9. The predicted molar refractivity (Wildman–Crippen MR) is 69.3 cm³/mol. The molecule has 0 radical (unpaired) electrons. The highest BCUT2D eigenvalue weighted by atomic mass is 16.2. The molecule has 0 bridgehead atoms. The Bertz CT molecular complexity index is 418. The molecule has 0 heterocycles. The number of primary amides is 1. The number of nitrogens with two attached hydrogens (primary N) is 2. The van der Waals surface area contributed by atoms with E-state index >= 15 is 0 Å². The van der Waals surface area contributed by atoms with E-state index in [4.69, 9.17) is 11.5 Å². The van der Waals surface area contributed by atoms with Gasteiger partial charge in [-0.3, -0.25) is 9.59 Å². The first kappa shape index (κ1) is 14.2. The van der Waals surface area contributed by atoms with Crippen molar-refractivity contribution in [3.05, 3.63) is 35.9 Å². The van der Waals surface area contributed by atoms with Crippen LogP contribution in [0.1, 0.15) is 25.5 Å². The van der Waals surface area contributed by atoms with Crippen LogP contribution in [-0.2, 0) is 9.59 Å². The zero-order chi connectivity index (χ0) is 13.7. The highest BCUT2D eigenvalue weighted by Gasteiger charge is 2.24. The third kappa shape index (κ3) is 3.56. The first-order valence-corrected chi connectivity index (χ1v) is 5.83. The molecule has 0 saturated heterocycles. The number of carbonyl (C=O) groups is 2. The van der Waals surface area contributed by atoms with Gasteiger partial charge in [0.05, 0.1) is 0 Å². The van der Waals surface area contributed by atoms with Crippen molar-refractivity contribution in [2.75, 3.05) is 0 Å². The lowest BCUT2D eigenvalue weighted by Gasteiger charge is -2.21. The summed E-state index contributed by atoms with van der Waals surface area (Å²) in [6.07, 6.45) is 0. The maximum atomic E-state index is 11.9.